The lowest BCUT2D eigenvalue weighted by atomic mass is 9.75. The highest BCUT2D eigenvalue weighted by Crippen LogP contribution is 2.38. The third-order valence-electron chi connectivity index (χ3n) is 4.22. The first-order chi connectivity index (χ1) is 9.14. The van der Waals surface area contributed by atoms with Gasteiger partial charge in [0.1, 0.15) is 0 Å². The summed E-state index contributed by atoms with van der Waals surface area (Å²) in [6, 6.07) is 12.8. The van der Waals surface area contributed by atoms with E-state index in [4.69, 9.17) is 16.2 Å². The highest BCUT2D eigenvalue weighted by atomic mass is 16.5. The van der Waals surface area contributed by atoms with Gasteiger partial charge in [-0.25, -0.2) is 0 Å². The molecule has 1 saturated heterocycles. The van der Waals surface area contributed by atoms with Crippen molar-refractivity contribution in [1.29, 1.82) is 0 Å². The summed E-state index contributed by atoms with van der Waals surface area (Å²) in [4.78, 5) is 0. The summed E-state index contributed by atoms with van der Waals surface area (Å²) in [6.45, 7) is 4.00. The molecule has 19 heavy (non-hydrogen) atoms. The van der Waals surface area contributed by atoms with Gasteiger partial charge in [-0.15, -0.1) is 0 Å². The second-order valence-corrected chi connectivity index (χ2v) is 5.65. The van der Waals surface area contributed by atoms with Crippen LogP contribution in [0.1, 0.15) is 17.2 Å². The Morgan fingerprint density at radius 2 is 1.84 bits per heavy atom. The number of hydrogen-bond donors (Lipinski definition) is 2. The van der Waals surface area contributed by atoms with Crippen molar-refractivity contribution >= 4 is 10.8 Å². The predicted molar refractivity (Wildman–Crippen MR) is 77.9 cm³/mol. The van der Waals surface area contributed by atoms with Crippen LogP contribution in [0, 0.1) is 12.3 Å². The fourth-order valence-corrected chi connectivity index (χ4v) is 2.72. The average Bonchev–Trinajstić information content (AvgIpc) is 2.37. The lowest BCUT2D eigenvalue weighted by molar-refractivity contribution is -0.121. The Labute approximate surface area is 113 Å². The van der Waals surface area contributed by atoms with Gasteiger partial charge >= 0.3 is 0 Å². The van der Waals surface area contributed by atoms with E-state index in [0.29, 0.717) is 19.8 Å². The molecule has 0 saturated carbocycles. The molecule has 1 aliphatic rings. The number of nitrogens with two attached hydrogens (primary N) is 2. The van der Waals surface area contributed by atoms with Crippen LogP contribution in [0.3, 0.4) is 0 Å². The second kappa shape index (κ2) is 4.60. The summed E-state index contributed by atoms with van der Waals surface area (Å²) in [7, 11) is 0. The lowest BCUT2D eigenvalue weighted by Crippen LogP contribution is -2.54. The van der Waals surface area contributed by atoms with Gasteiger partial charge in [0.25, 0.3) is 0 Å². The molecule has 4 N–H and O–H groups in total. The number of hydrogen-bond acceptors (Lipinski definition) is 3. The minimum absolute atomic E-state index is 0.0584. The molecular formula is C16H20N2O. The van der Waals surface area contributed by atoms with Gasteiger partial charge < -0.3 is 16.2 Å². The molecular weight excluding hydrogens is 236 g/mol. The third kappa shape index (κ3) is 2.04. The molecule has 3 nitrogen and oxygen atoms in total. The van der Waals surface area contributed by atoms with Crippen LogP contribution in [-0.4, -0.2) is 19.8 Å². The van der Waals surface area contributed by atoms with Gasteiger partial charge in [-0.3, -0.25) is 0 Å². The Morgan fingerprint density at radius 3 is 2.47 bits per heavy atom. The van der Waals surface area contributed by atoms with Crippen LogP contribution in [0.2, 0.25) is 0 Å². The minimum Gasteiger partial charge on any atom is -0.380 e. The van der Waals surface area contributed by atoms with Crippen molar-refractivity contribution in [1.82, 2.24) is 0 Å². The van der Waals surface area contributed by atoms with Gasteiger partial charge in [-0.2, -0.15) is 0 Å². The Morgan fingerprint density at radius 1 is 1.16 bits per heavy atom. The van der Waals surface area contributed by atoms with E-state index in [9.17, 15) is 0 Å². The van der Waals surface area contributed by atoms with E-state index in [2.05, 4.69) is 43.3 Å². The number of benzene rings is 2. The molecule has 0 radical (unpaired) electrons. The van der Waals surface area contributed by atoms with E-state index < -0.39 is 0 Å². The van der Waals surface area contributed by atoms with Gasteiger partial charge in [-0.1, -0.05) is 35.9 Å². The zero-order valence-electron chi connectivity index (χ0n) is 11.2. The van der Waals surface area contributed by atoms with Crippen molar-refractivity contribution in [2.24, 2.45) is 16.9 Å². The molecule has 2 aromatic rings. The Kier molecular flexibility index (Phi) is 3.05. The van der Waals surface area contributed by atoms with E-state index in [1.165, 1.54) is 16.3 Å². The van der Waals surface area contributed by atoms with Crippen molar-refractivity contribution in [3.63, 3.8) is 0 Å². The van der Waals surface area contributed by atoms with E-state index in [1.54, 1.807) is 0 Å². The van der Waals surface area contributed by atoms with Crippen LogP contribution in [0.5, 0.6) is 0 Å². The highest BCUT2D eigenvalue weighted by molar-refractivity contribution is 5.83. The number of fused-ring (bicyclic) bond motifs is 1. The lowest BCUT2D eigenvalue weighted by Gasteiger charge is -2.45. The van der Waals surface area contributed by atoms with Crippen molar-refractivity contribution in [2.75, 3.05) is 19.8 Å². The molecule has 3 rings (SSSR count). The van der Waals surface area contributed by atoms with Crippen LogP contribution < -0.4 is 11.5 Å². The van der Waals surface area contributed by atoms with E-state index in [0.717, 1.165) is 5.56 Å². The summed E-state index contributed by atoms with van der Waals surface area (Å²) in [5.41, 5.74) is 14.6. The van der Waals surface area contributed by atoms with Crippen LogP contribution in [0.4, 0.5) is 0 Å². The zero-order chi connectivity index (χ0) is 13.5. The number of rotatable bonds is 3. The maximum absolute atomic E-state index is 6.41. The van der Waals surface area contributed by atoms with Crippen molar-refractivity contribution < 1.29 is 4.74 Å². The van der Waals surface area contributed by atoms with Crippen molar-refractivity contribution in [3.05, 3.63) is 47.5 Å². The molecule has 3 heteroatoms. The first kappa shape index (κ1) is 12.6. The van der Waals surface area contributed by atoms with Gasteiger partial charge in [0.2, 0.25) is 0 Å². The average molecular weight is 256 g/mol. The standard InChI is InChI=1S/C16H20N2O/c1-11-2-3-13-7-14(5-4-12(13)6-11)15(18)16(8-17)9-19-10-16/h2-7,15H,8-10,17-18H2,1H3. The van der Waals surface area contributed by atoms with Crippen LogP contribution in [0.25, 0.3) is 10.8 Å². The largest absolute Gasteiger partial charge is 0.380 e. The first-order valence-corrected chi connectivity index (χ1v) is 6.68. The van der Waals surface area contributed by atoms with E-state index in [1.807, 2.05) is 0 Å². The summed E-state index contributed by atoms with van der Waals surface area (Å²) in [6.07, 6.45) is 0. The molecule has 2 aromatic carbocycles. The van der Waals surface area contributed by atoms with Gasteiger partial charge in [0.15, 0.2) is 0 Å². The van der Waals surface area contributed by atoms with Gasteiger partial charge in [-0.05, 0) is 29.3 Å². The molecule has 1 heterocycles. The van der Waals surface area contributed by atoms with E-state index in [-0.39, 0.29) is 11.5 Å². The maximum atomic E-state index is 6.41. The summed E-state index contributed by atoms with van der Waals surface area (Å²) < 4.78 is 5.31. The molecule has 0 spiro atoms. The van der Waals surface area contributed by atoms with Crippen LogP contribution in [0.15, 0.2) is 36.4 Å². The van der Waals surface area contributed by atoms with Crippen molar-refractivity contribution in [2.45, 2.75) is 13.0 Å². The predicted octanol–water partition coefficient (Wildman–Crippen LogP) is 2.12. The molecule has 1 unspecified atom stereocenters. The highest BCUT2D eigenvalue weighted by Gasteiger charge is 2.43. The summed E-state index contributed by atoms with van der Waals surface area (Å²) >= 11 is 0. The monoisotopic (exact) mass is 256 g/mol. The molecule has 0 aromatic heterocycles. The number of aryl methyl sites for hydroxylation is 1. The third-order valence-corrected chi connectivity index (χ3v) is 4.22. The first-order valence-electron chi connectivity index (χ1n) is 6.68. The molecule has 0 bridgehead atoms. The Bertz CT molecular complexity index is 599. The molecule has 0 amide bonds. The fourth-order valence-electron chi connectivity index (χ4n) is 2.72. The SMILES string of the molecule is Cc1ccc2cc(C(N)C3(CN)COC3)ccc2c1. The van der Waals surface area contributed by atoms with Gasteiger partial charge in [0.05, 0.1) is 13.2 Å². The maximum Gasteiger partial charge on any atom is 0.0575 e. The molecule has 100 valence electrons. The summed E-state index contributed by atoms with van der Waals surface area (Å²) in [5.74, 6) is 0. The molecule has 1 fully saturated rings. The smallest absolute Gasteiger partial charge is 0.0575 e. The second-order valence-electron chi connectivity index (χ2n) is 5.65. The minimum atomic E-state index is -0.0849. The van der Waals surface area contributed by atoms with Crippen LogP contribution >= 0.6 is 0 Å². The topological polar surface area (TPSA) is 61.3 Å². The number of ether oxygens (including phenoxy) is 1. The fraction of sp³-hybridized carbons (Fsp3) is 0.375. The Hall–Kier alpha value is -1.42. The molecule has 0 aliphatic carbocycles. The normalized spacial score (nSPS) is 19.1. The zero-order valence-corrected chi connectivity index (χ0v) is 11.2. The van der Waals surface area contributed by atoms with Crippen molar-refractivity contribution in [3.8, 4) is 0 Å². The van der Waals surface area contributed by atoms with Gasteiger partial charge in [0, 0.05) is 18.0 Å². The molecule has 1 atom stereocenters. The van der Waals surface area contributed by atoms with E-state index >= 15 is 0 Å². The molecule has 1 aliphatic heterocycles. The summed E-state index contributed by atoms with van der Waals surface area (Å²) in [5, 5.41) is 2.48. The van der Waals surface area contributed by atoms with Crippen LogP contribution in [-0.2, 0) is 4.74 Å². The quantitative estimate of drug-likeness (QED) is 0.884. The Balaban J connectivity index is 1.99.